The number of esters is 1. The van der Waals surface area contributed by atoms with Gasteiger partial charge in [-0.15, -0.1) is 0 Å². The molecule has 11 nitrogen and oxygen atoms in total. The molecule has 1 saturated heterocycles. The van der Waals surface area contributed by atoms with Crippen molar-refractivity contribution in [2.45, 2.75) is 39.3 Å². The number of ether oxygens (including phenoxy) is 3. The first kappa shape index (κ1) is 29.2. The molecule has 1 aromatic heterocycles. The summed E-state index contributed by atoms with van der Waals surface area (Å²) in [4.78, 5) is 43.3. The lowest BCUT2D eigenvalue weighted by Crippen LogP contribution is -2.55. The summed E-state index contributed by atoms with van der Waals surface area (Å²) >= 11 is 0. The van der Waals surface area contributed by atoms with Gasteiger partial charge in [-0.2, -0.15) is 0 Å². The van der Waals surface area contributed by atoms with Gasteiger partial charge in [-0.05, 0) is 67.4 Å². The predicted octanol–water partition coefficient (Wildman–Crippen LogP) is 5.82. The fourth-order valence-corrected chi connectivity index (χ4v) is 4.48. The number of benzene rings is 2. The number of pyridine rings is 1. The van der Waals surface area contributed by atoms with Crippen molar-refractivity contribution in [1.29, 1.82) is 0 Å². The van der Waals surface area contributed by atoms with Crippen molar-refractivity contribution >= 4 is 23.6 Å². The van der Waals surface area contributed by atoms with Crippen LogP contribution in [0.4, 0.5) is 20.7 Å². The SMILES string of the molecule is COC(=O)c1c(F)cccc1Oc1cnc([N+](=O)[O-])cc1-c1ccc(N2CCN(C(=O)OC(C)(C)C)[C@@H](C)C2)cc1. The van der Waals surface area contributed by atoms with Gasteiger partial charge in [0.2, 0.25) is 0 Å². The minimum Gasteiger partial charge on any atom is -0.465 e. The average molecular weight is 567 g/mol. The molecular formula is C29H31FN4O7. The van der Waals surface area contributed by atoms with E-state index in [1.807, 2.05) is 39.8 Å². The molecule has 0 radical (unpaired) electrons. The van der Waals surface area contributed by atoms with Crippen molar-refractivity contribution < 1.29 is 33.1 Å². The normalized spacial score (nSPS) is 15.3. The summed E-state index contributed by atoms with van der Waals surface area (Å²) in [7, 11) is 1.12. The van der Waals surface area contributed by atoms with Gasteiger partial charge in [-0.3, -0.25) is 0 Å². The lowest BCUT2D eigenvalue weighted by atomic mass is 10.0. The van der Waals surface area contributed by atoms with Crippen LogP contribution in [0.2, 0.25) is 0 Å². The molecule has 1 fully saturated rings. The summed E-state index contributed by atoms with van der Waals surface area (Å²) in [5.74, 6) is -2.21. The van der Waals surface area contributed by atoms with Crippen LogP contribution in [0.25, 0.3) is 11.1 Å². The van der Waals surface area contributed by atoms with Gasteiger partial charge in [0.05, 0.1) is 7.11 Å². The molecule has 0 bridgehead atoms. The molecule has 216 valence electrons. The third kappa shape index (κ3) is 6.71. The minimum absolute atomic E-state index is 0.0821. The zero-order valence-electron chi connectivity index (χ0n) is 23.4. The Morgan fingerprint density at radius 1 is 1.10 bits per heavy atom. The van der Waals surface area contributed by atoms with E-state index in [-0.39, 0.29) is 23.6 Å². The van der Waals surface area contributed by atoms with E-state index in [4.69, 9.17) is 9.47 Å². The number of halogens is 1. The quantitative estimate of drug-likeness (QED) is 0.206. The van der Waals surface area contributed by atoms with Crippen LogP contribution in [0.5, 0.6) is 11.5 Å². The topological polar surface area (TPSA) is 124 Å². The maximum absolute atomic E-state index is 14.5. The van der Waals surface area contributed by atoms with Crippen molar-refractivity contribution in [1.82, 2.24) is 9.88 Å². The van der Waals surface area contributed by atoms with Crippen LogP contribution in [0.3, 0.4) is 0 Å². The molecule has 2 heterocycles. The van der Waals surface area contributed by atoms with E-state index in [1.54, 1.807) is 17.0 Å². The lowest BCUT2D eigenvalue weighted by molar-refractivity contribution is -0.389. The van der Waals surface area contributed by atoms with Crippen LogP contribution in [0, 0.1) is 15.9 Å². The summed E-state index contributed by atoms with van der Waals surface area (Å²) in [6, 6.07) is 12.3. The first-order chi connectivity index (χ1) is 19.4. The molecule has 1 amide bonds. The predicted molar refractivity (Wildman–Crippen MR) is 149 cm³/mol. The summed E-state index contributed by atoms with van der Waals surface area (Å²) in [5, 5.41) is 11.5. The Morgan fingerprint density at radius 2 is 1.80 bits per heavy atom. The molecule has 1 aliphatic rings. The second kappa shape index (κ2) is 11.8. The van der Waals surface area contributed by atoms with Crippen molar-refractivity contribution in [2.24, 2.45) is 0 Å². The molecule has 4 rings (SSSR count). The van der Waals surface area contributed by atoms with Crippen molar-refractivity contribution in [3.63, 3.8) is 0 Å². The largest absolute Gasteiger partial charge is 0.465 e. The van der Waals surface area contributed by atoms with E-state index in [9.17, 15) is 24.1 Å². The molecular weight excluding hydrogens is 535 g/mol. The fraction of sp³-hybridized carbons (Fsp3) is 0.345. The smallest absolute Gasteiger partial charge is 0.410 e. The Morgan fingerprint density at radius 3 is 2.41 bits per heavy atom. The average Bonchev–Trinajstić information content (AvgIpc) is 2.92. The molecule has 2 aromatic carbocycles. The Hall–Kier alpha value is -4.74. The number of nitrogens with zero attached hydrogens (tertiary/aromatic N) is 4. The van der Waals surface area contributed by atoms with Crippen molar-refractivity contribution in [2.75, 3.05) is 31.6 Å². The number of hydrogen-bond donors (Lipinski definition) is 0. The third-order valence-corrected chi connectivity index (χ3v) is 6.42. The highest BCUT2D eigenvalue weighted by Gasteiger charge is 2.31. The number of aromatic nitrogens is 1. The molecule has 1 aliphatic heterocycles. The summed E-state index contributed by atoms with van der Waals surface area (Å²) in [6.45, 7) is 9.12. The second-order valence-electron chi connectivity index (χ2n) is 10.5. The van der Waals surface area contributed by atoms with E-state index in [1.165, 1.54) is 18.2 Å². The summed E-state index contributed by atoms with van der Waals surface area (Å²) in [5.41, 5.74) is 0.805. The standard InChI is InChI=1S/C29H31FN4O7/c1-18-17-32(13-14-33(18)28(36)41-29(2,3)4)20-11-9-19(10-12-20)21-15-25(34(37)38)31-16-24(21)40-23-8-6-7-22(30)26(23)27(35)39-5/h6-12,15-16,18H,13-14,17H2,1-5H3/t18-/m0/s1. The van der Waals surface area contributed by atoms with Gasteiger partial charge in [0.15, 0.2) is 11.9 Å². The number of anilines is 1. The van der Waals surface area contributed by atoms with Gasteiger partial charge in [-0.1, -0.05) is 18.2 Å². The highest BCUT2D eigenvalue weighted by Crippen LogP contribution is 2.37. The van der Waals surface area contributed by atoms with Gasteiger partial charge in [0, 0.05) is 43.0 Å². The van der Waals surface area contributed by atoms with Gasteiger partial charge in [0.25, 0.3) is 0 Å². The molecule has 0 N–H and O–H groups in total. The number of carbonyl (C=O) groups is 2. The van der Waals surface area contributed by atoms with E-state index < -0.39 is 33.7 Å². The maximum Gasteiger partial charge on any atom is 0.410 e. The number of piperazine rings is 1. The van der Waals surface area contributed by atoms with Gasteiger partial charge in [0.1, 0.15) is 22.7 Å². The van der Waals surface area contributed by atoms with E-state index in [2.05, 4.69) is 14.6 Å². The number of hydrogen-bond acceptors (Lipinski definition) is 9. The van der Waals surface area contributed by atoms with E-state index in [0.29, 0.717) is 30.8 Å². The lowest BCUT2D eigenvalue weighted by Gasteiger charge is -2.41. The highest BCUT2D eigenvalue weighted by atomic mass is 19.1. The summed E-state index contributed by atoms with van der Waals surface area (Å²) < 4.78 is 30.5. The molecule has 0 saturated carbocycles. The first-order valence-electron chi connectivity index (χ1n) is 12.9. The molecule has 0 aliphatic carbocycles. The molecule has 0 unspecified atom stereocenters. The molecule has 3 aromatic rings. The third-order valence-electron chi connectivity index (χ3n) is 6.42. The molecule has 0 spiro atoms. The van der Waals surface area contributed by atoms with Crippen LogP contribution in [0.15, 0.2) is 54.7 Å². The van der Waals surface area contributed by atoms with Gasteiger partial charge in [-0.25, -0.2) is 14.0 Å². The second-order valence-corrected chi connectivity index (χ2v) is 10.5. The van der Waals surface area contributed by atoms with Crippen LogP contribution >= 0.6 is 0 Å². The van der Waals surface area contributed by atoms with E-state index in [0.717, 1.165) is 25.1 Å². The Labute approximate surface area is 236 Å². The summed E-state index contributed by atoms with van der Waals surface area (Å²) in [6.07, 6.45) is 0.811. The molecule has 1 atom stereocenters. The van der Waals surface area contributed by atoms with E-state index >= 15 is 0 Å². The zero-order chi connectivity index (χ0) is 29.9. The molecule has 12 heteroatoms. The Bertz CT molecular complexity index is 1460. The number of nitro groups is 1. The number of rotatable bonds is 6. The Kier molecular flexibility index (Phi) is 8.41. The van der Waals surface area contributed by atoms with Crippen LogP contribution in [0.1, 0.15) is 38.1 Å². The van der Waals surface area contributed by atoms with Gasteiger partial charge < -0.3 is 34.1 Å². The zero-order valence-corrected chi connectivity index (χ0v) is 23.4. The van der Waals surface area contributed by atoms with Gasteiger partial charge >= 0.3 is 17.9 Å². The van der Waals surface area contributed by atoms with Crippen LogP contribution in [-0.2, 0) is 9.47 Å². The van der Waals surface area contributed by atoms with Crippen molar-refractivity contribution in [3.05, 3.63) is 76.2 Å². The number of amides is 1. The molecule has 41 heavy (non-hydrogen) atoms. The highest BCUT2D eigenvalue weighted by molar-refractivity contribution is 5.93. The van der Waals surface area contributed by atoms with Crippen molar-refractivity contribution in [3.8, 4) is 22.6 Å². The number of carbonyl (C=O) groups excluding carboxylic acids is 2. The fourth-order valence-electron chi connectivity index (χ4n) is 4.48. The maximum atomic E-state index is 14.5. The number of methoxy groups -OCH3 is 1. The minimum atomic E-state index is -0.931. The van der Waals surface area contributed by atoms with Crippen LogP contribution < -0.4 is 9.64 Å². The van der Waals surface area contributed by atoms with Crippen LogP contribution in [-0.4, -0.2) is 65.3 Å². The Balaban J connectivity index is 1.60. The first-order valence-corrected chi connectivity index (χ1v) is 12.9. The monoisotopic (exact) mass is 566 g/mol.